The molecular weight excluding hydrogens is 142 g/mol. The third-order valence-electron chi connectivity index (χ3n) is 1.41. The van der Waals surface area contributed by atoms with E-state index < -0.39 is 15.5 Å². The van der Waals surface area contributed by atoms with Crippen molar-refractivity contribution in [3.05, 3.63) is 20.2 Å². The molecule has 0 spiro atoms. The van der Waals surface area contributed by atoms with E-state index in [-0.39, 0.29) is 13.1 Å². The lowest BCUT2D eigenvalue weighted by molar-refractivity contribution is -0.803. The van der Waals surface area contributed by atoms with Crippen molar-refractivity contribution in [2.45, 2.75) is 5.66 Å². The largest absolute Gasteiger partial charge is 0.485 e. The van der Waals surface area contributed by atoms with Gasteiger partial charge in [0.05, 0.1) is 0 Å². The maximum Gasteiger partial charge on any atom is 0.485 e. The van der Waals surface area contributed by atoms with Crippen molar-refractivity contribution in [3.63, 3.8) is 0 Å². The molecule has 0 aliphatic carbocycles. The summed E-state index contributed by atoms with van der Waals surface area (Å²) in [5.41, 5.74) is -2.00. The van der Waals surface area contributed by atoms with Crippen molar-refractivity contribution >= 4 is 0 Å². The zero-order chi connectivity index (χ0) is 7.78. The molecule has 7 nitrogen and oxygen atoms in total. The summed E-state index contributed by atoms with van der Waals surface area (Å²) in [5.74, 6) is 0. The first-order valence-electron chi connectivity index (χ1n) is 2.52. The van der Waals surface area contributed by atoms with Crippen LogP contribution >= 0.6 is 0 Å². The molecule has 0 aromatic carbocycles. The molecule has 1 rings (SSSR count). The third kappa shape index (κ3) is 0.637. The van der Waals surface area contributed by atoms with E-state index in [1.807, 2.05) is 0 Å². The minimum atomic E-state index is -2.00. The van der Waals surface area contributed by atoms with Crippen molar-refractivity contribution in [3.8, 4) is 0 Å². The molecule has 1 radical (unpaired) electrons. The number of hydrogen-bond donors (Lipinski definition) is 0. The highest BCUT2D eigenvalue weighted by atomic mass is 16.7. The summed E-state index contributed by atoms with van der Waals surface area (Å²) >= 11 is 0. The Labute approximate surface area is 55.3 Å². The summed E-state index contributed by atoms with van der Waals surface area (Å²) in [6.07, 6.45) is 0. The van der Waals surface area contributed by atoms with Crippen LogP contribution in [0.1, 0.15) is 0 Å². The summed E-state index contributed by atoms with van der Waals surface area (Å²) in [6.45, 7) is -0.597. The molecule has 0 bridgehead atoms. The smallest absolute Gasteiger partial charge is 0.258 e. The molecule has 1 aliphatic heterocycles. The van der Waals surface area contributed by atoms with Crippen molar-refractivity contribution in [2.24, 2.45) is 0 Å². The van der Waals surface area contributed by atoms with Gasteiger partial charge < -0.3 is 0 Å². The van der Waals surface area contributed by atoms with Gasteiger partial charge in [-0.15, -0.1) is 0 Å². The normalized spacial score (nSPS) is 21.2. The predicted molar refractivity (Wildman–Crippen MR) is 28.6 cm³/mol. The first-order valence-corrected chi connectivity index (χ1v) is 2.52. The van der Waals surface area contributed by atoms with Gasteiger partial charge in [-0.3, -0.25) is 20.2 Å². The molecule has 1 heterocycles. The summed E-state index contributed by atoms with van der Waals surface area (Å²) in [7, 11) is 0. The second-order valence-electron chi connectivity index (χ2n) is 2.04. The second kappa shape index (κ2) is 1.87. The van der Waals surface area contributed by atoms with Crippen molar-refractivity contribution in [1.82, 2.24) is 5.32 Å². The maximum atomic E-state index is 10.0. The van der Waals surface area contributed by atoms with E-state index in [1.165, 1.54) is 0 Å². The SMILES string of the molecule is O=[N+]([O-])C1([N+](=O)[O-])C[N]C1. The summed E-state index contributed by atoms with van der Waals surface area (Å²) < 4.78 is 0. The van der Waals surface area contributed by atoms with Gasteiger partial charge in [-0.05, 0) is 0 Å². The van der Waals surface area contributed by atoms with Crippen LogP contribution < -0.4 is 5.32 Å². The molecule has 1 saturated heterocycles. The van der Waals surface area contributed by atoms with E-state index in [1.54, 1.807) is 0 Å². The van der Waals surface area contributed by atoms with Crippen LogP contribution in [0, 0.1) is 20.2 Å². The topological polar surface area (TPSA) is 100 Å². The fourth-order valence-corrected chi connectivity index (χ4v) is 0.609. The van der Waals surface area contributed by atoms with E-state index in [0.717, 1.165) is 0 Å². The number of nitro groups is 2. The zero-order valence-corrected chi connectivity index (χ0v) is 4.89. The third-order valence-corrected chi connectivity index (χ3v) is 1.41. The Hall–Kier alpha value is -1.24. The average molecular weight is 146 g/mol. The molecular formula is C3H4N3O4. The molecule has 1 fully saturated rings. The number of rotatable bonds is 2. The Balaban J connectivity index is 2.78. The minimum absolute atomic E-state index is 0.299. The molecule has 1 aliphatic rings. The molecule has 0 unspecified atom stereocenters. The van der Waals surface area contributed by atoms with Crippen molar-refractivity contribution in [2.75, 3.05) is 13.1 Å². The number of hydrogen-bond acceptors (Lipinski definition) is 4. The summed E-state index contributed by atoms with van der Waals surface area (Å²) in [4.78, 5) is 18.3. The van der Waals surface area contributed by atoms with E-state index in [9.17, 15) is 20.2 Å². The minimum Gasteiger partial charge on any atom is -0.258 e. The first-order chi connectivity index (χ1) is 4.59. The molecule has 0 N–H and O–H groups in total. The van der Waals surface area contributed by atoms with Crippen LogP contribution in [0.3, 0.4) is 0 Å². The quantitative estimate of drug-likeness (QED) is 0.279. The van der Waals surface area contributed by atoms with Crippen LogP contribution in [0.15, 0.2) is 0 Å². The Morgan fingerprint density at radius 2 is 1.60 bits per heavy atom. The van der Waals surface area contributed by atoms with Gasteiger partial charge in [0.25, 0.3) is 0 Å². The highest BCUT2D eigenvalue weighted by Gasteiger charge is 2.63. The number of nitrogens with zero attached hydrogens (tertiary/aromatic N) is 3. The van der Waals surface area contributed by atoms with Crippen LogP contribution in [-0.2, 0) is 0 Å². The Bertz CT molecular complexity index is 170. The van der Waals surface area contributed by atoms with Crippen LogP contribution in [0.5, 0.6) is 0 Å². The Morgan fingerprint density at radius 3 is 1.60 bits per heavy atom. The van der Waals surface area contributed by atoms with E-state index in [2.05, 4.69) is 5.32 Å². The highest BCUT2D eigenvalue weighted by molar-refractivity contribution is 4.82. The van der Waals surface area contributed by atoms with E-state index >= 15 is 0 Å². The Kier molecular flexibility index (Phi) is 1.29. The molecule has 0 atom stereocenters. The lowest BCUT2D eigenvalue weighted by atomic mass is 10.1. The summed E-state index contributed by atoms with van der Waals surface area (Å²) in [6, 6.07) is 0. The van der Waals surface area contributed by atoms with Gasteiger partial charge in [0.1, 0.15) is 9.85 Å². The first kappa shape index (κ1) is 6.87. The lowest BCUT2D eigenvalue weighted by Gasteiger charge is -2.23. The molecule has 0 aromatic heterocycles. The second-order valence-corrected chi connectivity index (χ2v) is 2.04. The van der Waals surface area contributed by atoms with Gasteiger partial charge in [-0.25, -0.2) is 5.32 Å². The fourth-order valence-electron chi connectivity index (χ4n) is 0.609. The lowest BCUT2D eigenvalue weighted by Crippen LogP contribution is -2.65. The van der Waals surface area contributed by atoms with Crippen LogP contribution in [0.2, 0.25) is 0 Å². The molecule has 7 heteroatoms. The van der Waals surface area contributed by atoms with Gasteiger partial charge in [0.15, 0.2) is 13.1 Å². The van der Waals surface area contributed by atoms with Crippen LogP contribution in [0.25, 0.3) is 0 Å². The monoisotopic (exact) mass is 146 g/mol. The summed E-state index contributed by atoms with van der Waals surface area (Å²) in [5, 5.41) is 23.5. The highest BCUT2D eigenvalue weighted by Crippen LogP contribution is 2.16. The molecule has 55 valence electrons. The van der Waals surface area contributed by atoms with Gasteiger partial charge >= 0.3 is 5.66 Å². The molecule has 0 aromatic rings. The molecule has 10 heavy (non-hydrogen) atoms. The Morgan fingerprint density at radius 1 is 1.20 bits per heavy atom. The fraction of sp³-hybridized carbons (Fsp3) is 1.00. The average Bonchev–Trinajstić information content (AvgIpc) is 1.57. The van der Waals surface area contributed by atoms with Gasteiger partial charge in [-0.2, -0.15) is 0 Å². The zero-order valence-electron chi connectivity index (χ0n) is 4.89. The van der Waals surface area contributed by atoms with Crippen molar-refractivity contribution in [1.29, 1.82) is 0 Å². The predicted octanol–water partition coefficient (Wildman–Crippen LogP) is -1.15. The van der Waals surface area contributed by atoms with Gasteiger partial charge in [-0.1, -0.05) is 0 Å². The van der Waals surface area contributed by atoms with Crippen LogP contribution in [-0.4, -0.2) is 28.6 Å². The maximum absolute atomic E-state index is 10.0. The standard InChI is InChI=1S/C3H4N3O4/c7-5(8)3(6(9)10)1-4-2-3/h1-2H2. The molecule has 0 saturated carbocycles. The van der Waals surface area contributed by atoms with Crippen LogP contribution in [0.4, 0.5) is 0 Å². The molecule has 0 amide bonds. The van der Waals surface area contributed by atoms with Gasteiger partial charge in [0.2, 0.25) is 0 Å². The van der Waals surface area contributed by atoms with Crippen molar-refractivity contribution < 1.29 is 9.85 Å². The van der Waals surface area contributed by atoms with Gasteiger partial charge in [0, 0.05) is 0 Å². The van der Waals surface area contributed by atoms with E-state index in [4.69, 9.17) is 0 Å². The van der Waals surface area contributed by atoms with E-state index in [0.29, 0.717) is 0 Å².